The lowest BCUT2D eigenvalue weighted by Crippen LogP contribution is -2.50. The normalized spacial score (nSPS) is 15.7. The average molecular weight is 405 g/mol. The van der Waals surface area contributed by atoms with E-state index < -0.39 is 28.0 Å². The van der Waals surface area contributed by atoms with Gasteiger partial charge in [0.2, 0.25) is 6.10 Å². The molecule has 2 N–H and O–H groups in total. The van der Waals surface area contributed by atoms with Crippen molar-refractivity contribution in [1.29, 1.82) is 0 Å². The molecule has 9 nitrogen and oxygen atoms in total. The molecular weight excluding hydrogens is 388 g/mol. The number of carboxylic acid groups (broad SMARTS) is 1. The van der Waals surface area contributed by atoms with E-state index in [4.69, 9.17) is 9.47 Å². The summed E-state index contributed by atoms with van der Waals surface area (Å²) < 4.78 is 36.0. The summed E-state index contributed by atoms with van der Waals surface area (Å²) in [4.78, 5) is 25.0. The molecule has 0 saturated carbocycles. The highest BCUT2D eigenvalue weighted by Gasteiger charge is 2.29. The van der Waals surface area contributed by atoms with Crippen LogP contribution in [0.5, 0.6) is 11.5 Å². The first-order chi connectivity index (χ1) is 13.2. The molecule has 10 heteroatoms. The number of fused-ring (bicyclic) bond motifs is 1. The van der Waals surface area contributed by atoms with Crippen LogP contribution in [0.4, 0.5) is 0 Å². The second-order valence-corrected chi connectivity index (χ2v) is 7.81. The van der Waals surface area contributed by atoms with Crippen molar-refractivity contribution < 1.29 is 32.6 Å². The Hall–Kier alpha value is -3.11. The van der Waals surface area contributed by atoms with Crippen molar-refractivity contribution in [3.63, 3.8) is 0 Å². The van der Waals surface area contributed by atoms with Crippen LogP contribution in [-0.2, 0) is 14.8 Å². The molecule has 0 fully saturated rings. The highest BCUT2D eigenvalue weighted by Crippen LogP contribution is 2.30. The largest absolute Gasteiger partial charge is 0.545 e. The Bertz CT molecular complexity index is 1050. The lowest BCUT2D eigenvalue weighted by molar-refractivity contribution is -0.255. The van der Waals surface area contributed by atoms with Gasteiger partial charge in [0.15, 0.2) is 11.5 Å². The van der Waals surface area contributed by atoms with Crippen LogP contribution in [0.15, 0.2) is 41.3 Å². The number of rotatable bonds is 5. The molecule has 0 aromatic heterocycles. The zero-order valence-corrected chi connectivity index (χ0v) is 15.8. The number of sulfonamides is 1. The van der Waals surface area contributed by atoms with Crippen molar-refractivity contribution in [2.24, 2.45) is 0 Å². The fourth-order valence-electron chi connectivity index (χ4n) is 2.63. The van der Waals surface area contributed by atoms with Gasteiger partial charge in [0, 0.05) is 0 Å². The minimum Gasteiger partial charge on any atom is -0.545 e. The number of ether oxygens (including phenoxy) is 2. The van der Waals surface area contributed by atoms with E-state index in [1.165, 1.54) is 13.0 Å². The molecule has 1 atom stereocenters. The third-order valence-corrected chi connectivity index (χ3v) is 5.63. The Morgan fingerprint density at radius 1 is 1.14 bits per heavy atom. The van der Waals surface area contributed by atoms with Crippen LogP contribution in [0.25, 0.3) is 0 Å². The van der Waals surface area contributed by atoms with Gasteiger partial charge in [0.1, 0.15) is 6.61 Å². The number of nitrogens with one attached hydrogen (secondary N) is 2. The number of carboxylic acids is 1. The molecule has 28 heavy (non-hydrogen) atoms. The van der Waals surface area contributed by atoms with Crippen molar-refractivity contribution in [3.05, 3.63) is 53.1 Å². The lowest BCUT2D eigenvalue weighted by atomic mass is 10.1. The third kappa shape index (κ3) is 3.92. The molecule has 1 aliphatic rings. The third-order valence-electron chi connectivity index (χ3n) is 4.25. The Kier molecular flexibility index (Phi) is 5.25. The lowest BCUT2D eigenvalue weighted by Gasteiger charge is -2.25. The standard InChI is InChI=1S/C18H18N2O7S/c1-10-7-12(18(22)23)8-16(11(10)2)28(24,25)20-19-17(21)15-9-26-13-5-3-4-6-14(13)27-15/h3-8,15,20H,9H2,1-2H3,(H,19,21)(H,22,23)/p-1/t15-/m0/s1. The Morgan fingerprint density at radius 2 is 1.82 bits per heavy atom. The first kappa shape index (κ1) is 19.6. The number of aromatic carboxylic acids is 1. The Labute approximate surface area is 161 Å². The number of hydrogen-bond donors (Lipinski definition) is 2. The molecule has 1 aliphatic heterocycles. The van der Waals surface area contributed by atoms with Gasteiger partial charge in [-0.3, -0.25) is 10.2 Å². The van der Waals surface area contributed by atoms with Crippen molar-refractivity contribution in [2.45, 2.75) is 24.8 Å². The van der Waals surface area contributed by atoms with E-state index in [0.717, 1.165) is 6.07 Å². The summed E-state index contributed by atoms with van der Waals surface area (Å²) in [5.74, 6) is -1.42. The van der Waals surface area contributed by atoms with Gasteiger partial charge in [-0.05, 0) is 54.8 Å². The van der Waals surface area contributed by atoms with Gasteiger partial charge in [-0.1, -0.05) is 12.1 Å². The van der Waals surface area contributed by atoms with E-state index >= 15 is 0 Å². The summed E-state index contributed by atoms with van der Waals surface area (Å²) in [5, 5.41) is 11.1. The molecule has 0 aliphatic carbocycles. The number of aryl methyl sites for hydroxylation is 1. The first-order valence-corrected chi connectivity index (χ1v) is 9.70. The molecule has 3 rings (SSSR count). The minimum absolute atomic E-state index is 0.0944. The maximum Gasteiger partial charge on any atom is 0.279 e. The number of amides is 1. The first-order valence-electron chi connectivity index (χ1n) is 8.22. The number of hydrogen-bond acceptors (Lipinski definition) is 7. The van der Waals surface area contributed by atoms with E-state index in [9.17, 15) is 23.1 Å². The second kappa shape index (κ2) is 7.49. The molecule has 1 heterocycles. The van der Waals surface area contributed by atoms with Crippen LogP contribution in [0.2, 0.25) is 0 Å². The highest BCUT2D eigenvalue weighted by molar-refractivity contribution is 7.89. The second-order valence-electron chi connectivity index (χ2n) is 6.16. The molecule has 1 amide bonds. The fraction of sp³-hybridized carbons (Fsp3) is 0.222. The average Bonchev–Trinajstić information content (AvgIpc) is 2.67. The van der Waals surface area contributed by atoms with Crippen LogP contribution < -0.4 is 24.8 Å². The summed E-state index contributed by atoms with van der Waals surface area (Å²) in [6.45, 7) is 3.01. The minimum atomic E-state index is -4.23. The monoisotopic (exact) mass is 405 g/mol. The summed E-state index contributed by atoms with van der Waals surface area (Å²) in [5.41, 5.74) is 2.59. The quantitative estimate of drug-likeness (QED) is 0.659. The molecule has 2 aromatic rings. The van der Waals surface area contributed by atoms with Gasteiger partial charge in [0.25, 0.3) is 15.9 Å². The molecule has 0 radical (unpaired) electrons. The highest BCUT2D eigenvalue weighted by atomic mass is 32.2. The van der Waals surface area contributed by atoms with Crippen LogP contribution in [0.1, 0.15) is 21.5 Å². The van der Waals surface area contributed by atoms with E-state index in [0.29, 0.717) is 22.6 Å². The van der Waals surface area contributed by atoms with Crippen LogP contribution in [0, 0.1) is 13.8 Å². The van der Waals surface area contributed by atoms with Crippen molar-refractivity contribution in [3.8, 4) is 11.5 Å². The number of benzene rings is 2. The Balaban J connectivity index is 1.74. The molecule has 0 bridgehead atoms. The SMILES string of the molecule is Cc1cc(C(=O)[O-])cc(S(=O)(=O)NNC(=O)[C@@H]2COc3ccccc3O2)c1C. The van der Waals surface area contributed by atoms with E-state index in [1.807, 2.05) is 4.83 Å². The predicted octanol–water partition coefficient (Wildman–Crippen LogP) is -0.184. The van der Waals surface area contributed by atoms with Gasteiger partial charge in [-0.2, -0.15) is 0 Å². The van der Waals surface area contributed by atoms with Crippen molar-refractivity contribution in [1.82, 2.24) is 10.3 Å². The predicted molar refractivity (Wildman–Crippen MR) is 95.1 cm³/mol. The number of hydrazine groups is 1. The molecular formula is C18H17N2O7S-. The van der Waals surface area contributed by atoms with Crippen LogP contribution in [-0.4, -0.2) is 33.0 Å². The molecule has 0 spiro atoms. The van der Waals surface area contributed by atoms with Crippen molar-refractivity contribution in [2.75, 3.05) is 6.61 Å². The maximum absolute atomic E-state index is 12.6. The summed E-state index contributed by atoms with van der Waals surface area (Å²) in [7, 11) is -4.23. The molecule has 0 saturated heterocycles. The van der Waals surface area contributed by atoms with Gasteiger partial charge in [-0.15, -0.1) is 4.83 Å². The fourth-order valence-corrected chi connectivity index (χ4v) is 3.82. The summed E-state index contributed by atoms with van der Waals surface area (Å²) in [6, 6.07) is 9.05. The van der Waals surface area contributed by atoms with E-state index in [1.54, 1.807) is 31.2 Å². The smallest absolute Gasteiger partial charge is 0.279 e. The maximum atomic E-state index is 12.6. The summed E-state index contributed by atoms with van der Waals surface area (Å²) >= 11 is 0. The number of para-hydroxylation sites is 2. The van der Waals surface area contributed by atoms with Crippen molar-refractivity contribution >= 4 is 21.9 Å². The van der Waals surface area contributed by atoms with E-state index in [-0.39, 0.29) is 17.1 Å². The van der Waals surface area contributed by atoms with Gasteiger partial charge in [0.05, 0.1) is 10.9 Å². The topological polar surface area (TPSA) is 134 Å². The van der Waals surface area contributed by atoms with Gasteiger partial charge >= 0.3 is 0 Å². The Morgan fingerprint density at radius 3 is 2.50 bits per heavy atom. The molecule has 148 valence electrons. The number of carbonyl (C=O) groups excluding carboxylic acids is 2. The zero-order valence-electron chi connectivity index (χ0n) is 15.0. The van der Waals surface area contributed by atoms with Crippen LogP contribution in [0.3, 0.4) is 0 Å². The van der Waals surface area contributed by atoms with Crippen LogP contribution >= 0.6 is 0 Å². The molecule has 2 aromatic carbocycles. The zero-order chi connectivity index (χ0) is 20.5. The molecule has 0 unspecified atom stereocenters. The van der Waals surface area contributed by atoms with Gasteiger partial charge < -0.3 is 19.4 Å². The number of carbonyl (C=O) groups is 2. The van der Waals surface area contributed by atoms with Gasteiger partial charge in [-0.25, -0.2) is 8.42 Å². The summed E-state index contributed by atoms with van der Waals surface area (Å²) in [6.07, 6.45) is -1.06. The van der Waals surface area contributed by atoms with E-state index in [2.05, 4.69) is 5.43 Å².